The van der Waals surface area contributed by atoms with Gasteiger partial charge in [-0.2, -0.15) is 0 Å². The van der Waals surface area contributed by atoms with Gasteiger partial charge in [0.2, 0.25) is 5.60 Å². The van der Waals surface area contributed by atoms with E-state index in [4.69, 9.17) is 4.74 Å². The van der Waals surface area contributed by atoms with Crippen molar-refractivity contribution >= 4 is 28.6 Å². The van der Waals surface area contributed by atoms with Gasteiger partial charge >= 0.3 is 5.97 Å². The highest BCUT2D eigenvalue weighted by Crippen LogP contribution is 2.48. The number of carboxylic acids is 1. The van der Waals surface area contributed by atoms with E-state index in [1.807, 2.05) is 41.1 Å². The topological polar surface area (TPSA) is 66.8 Å². The van der Waals surface area contributed by atoms with E-state index in [0.717, 1.165) is 48.1 Å². The molecule has 5 nitrogen and oxygen atoms in total. The number of aliphatic hydroxyl groups is 1. The van der Waals surface area contributed by atoms with Gasteiger partial charge in [-0.1, -0.05) is 24.3 Å². The van der Waals surface area contributed by atoms with Crippen molar-refractivity contribution in [2.75, 3.05) is 32.8 Å². The summed E-state index contributed by atoms with van der Waals surface area (Å²) in [6.45, 7) is 5.16. The maximum absolute atomic E-state index is 12.3. The molecule has 2 N–H and O–H groups in total. The van der Waals surface area contributed by atoms with Crippen LogP contribution in [0.2, 0.25) is 0 Å². The summed E-state index contributed by atoms with van der Waals surface area (Å²) < 4.78 is 6.99. The molecule has 3 saturated heterocycles. The molecule has 7 heteroatoms. The fraction of sp³-hybridized carbons (Fsp3) is 0.423. The molecule has 1 aromatic carbocycles. The Bertz CT molecular complexity index is 1070. The number of carboxylic acid groups (broad SMARTS) is 1. The Morgan fingerprint density at radius 2 is 1.85 bits per heavy atom. The number of carbonyl (C=O) groups is 1. The molecule has 3 aromatic rings. The first-order valence-electron chi connectivity index (χ1n) is 11.6. The van der Waals surface area contributed by atoms with Crippen molar-refractivity contribution in [1.82, 2.24) is 0 Å². The average Bonchev–Trinajstić information content (AvgIpc) is 3.56. The minimum Gasteiger partial charge on any atom is -0.493 e. The largest absolute Gasteiger partial charge is 0.493 e. The number of rotatable bonds is 9. The van der Waals surface area contributed by atoms with Gasteiger partial charge in [0.05, 0.1) is 42.5 Å². The number of piperidine rings is 3. The van der Waals surface area contributed by atoms with Gasteiger partial charge in [-0.25, -0.2) is 4.79 Å². The van der Waals surface area contributed by atoms with Gasteiger partial charge in [0, 0.05) is 25.2 Å². The summed E-state index contributed by atoms with van der Waals surface area (Å²) in [4.78, 5) is 13.4. The number of nitrogens with zero attached hydrogens (tertiary/aromatic N) is 1. The molecular formula is C26H30NO4S2+. The van der Waals surface area contributed by atoms with Gasteiger partial charge in [-0.05, 0) is 46.5 Å². The van der Waals surface area contributed by atoms with Crippen LogP contribution in [-0.2, 0) is 10.4 Å². The normalized spacial score (nSPS) is 26.1. The molecule has 0 aliphatic carbocycles. The first kappa shape index (κ1) is 22.6. The lowest BCUT2D eigenvalue weighted by atomic mass is 9.72. The van der Waals surface area contributed by atoms with E-state index in [1.54, 1.807) is 12.1 Å². The third-order valence-corrected chi connectivity index (χ3v) is 9.52. The molecule has 1 unspecified atom stereocenters. The van der Waals surface area contributed by atoms with E-state index < -0.39 is 11.6 Å². The molecular weight excluding hydrogens is 454 g/mol. The van der Waals surface area contributed by atoms with Crippen molar-refractivity contribution in [1.29, 1.82) is 0 Å². The summed E-state index contributed by atoms with van der Waals surface area (Å²) in [5.74, 6) is 0.559. The van der Waals surface area contributed by atoms with Crippen molar-refractivity contribution in [3.05, 3.63) is 74.6 Å². The second kappa shape index (κ2) is 9.22. The molecule has 3 fully saturated rings. The van der Waals surface area contributed by atoms with Crippen molar-refractivity contribution in [2.24, 2.45) is 5.92 Å². The lowest BCUT2D eigenvalue weighted by molar-refractivity contribution is -0.944. The fourth-order valence-corrected chi connectivity index (χ4v) is 7.72. The highest BCUT2D eigenvalue weighted by atomic mass is 32.1. The predicted molar refractivity (Wildman–Crippen MR) is 131 cm³/mol. The molecule has 0 amide bonds. The van der Waals surface area contributed by atoms with Crippen LogP contribution in [0.15, 0.2) is 59.3 Å². The van der Waals surface area contributed by atoms with Crippen molar-refractivity contribution in [2.45, 2.75) is 30.8 Å². The number of hydrogen-bond donors (Lipinski definition) is 2. The SMILES string of the molecule is O=C(O)C(O)(c1cccs1)c1sccc1[C@@H]1C[N+]2(CCCOc3ccccc3)CCC1CC2. The van der Waals surface area contributed by atoms with Crippen LogP contribution >= 0.6 is 22.7 Å². The summed E-state index contributed by atoms with van der Waals surface area (Å²) in [6.07, 6.45) is 3.31. The molecule has 33 heavy (non-hydrogen) atoms. The Morgan fingerprint density at radius 1 is 1.06 bits per heavy atom. The number of benzene rings is 1. The van der Waals surface area contributed by atoms with E-state index in [2.05, 4.69) is 6.07 Å². The zero-order valence-corrected chi connectivity index (χ0v) is 20.2. The van der Waals surface area contributed by atoms with Crippen LogP contribution < -0.4 is 4.74 Å². The van der Waals surface area contributed by atoms with Crippen LogP contribution in [0.1, 0.15) is 40.5 Å². The first-order chi connectivity index (χ1) is 16.0. The molecule has 6 rings (SSSR count). The van der Waals surface area contributed by atoms with Crippen LogP contribution in [0.25, 0.3) is 0 Å². The second-order valence-corrected chi connectivity index (χ2v) is 11.2. The molecule has 174 valence electrons. The number of para-hydroxylation sites is 1. The van der Waals surface area contributed by atoms with Crippen LogP contribution in [-0.4, -0.2) is 53.5 Å². The van der Waals surface area contributed by atoms with Gasteiger partial charge < -0.3 is 19.4 Å². The molecule has 2 aromatic heterocycles. The number of quaternary nitrogens is 1. The van der Waals surface area contributed by atoms with E-state index in [0.29, 0.717) is 22.3 Å². The molecule has 0 radical (unpaired) electrons. The summed E-state index contributed by atoms with van der Waals surface area (Å²) in [5.41, 5.74) is -0.941. The third kappa shape index (κ3) is 4.23. The Hall–Kier alpha value is -2.19. The minimum absolute atomic E-state index is 0.287. The summed E-state index contributed by atoms with van der Waals surface area (Å²) >= 11 is 2.67. The molecule has 5 heterocycles. The van der Waals surface area contributed by atoms with Gasteiger partial charge in [-0.15, -0.1) is 22.7 Å². The zero-order valence-electron chi connectivity index (χ0n) is 18.6. The molecule has 3 aliphatic rings. The van der Waals surface area contributed by atoms with Crippen LogP contribution in [0, 0.1) is 5.92 Å². The van der Waals surface area contributed by atoms with Crippen molar-refractivity contribution in [3.8, 4) is 5.75 Å². The lowest BCUT2D eigenvalue weighted by Crippen LogP contribution is -2.61. The van der Waals surface area contributed by atoms with Gasteiger partial charge in [0.25, 0.3) is 0 Å². The predicted octanol–water partition coefficient (Wildman–Crippen LogP) is 4.92. The van der Waals surface area contributed by atoms with Gasteiger partial charge in [-0.3, -0.25) is 0 Å². The molecule has 0 saturated carbocycles. The maximum Gasteiger partial charge on any atom is 0.347 e. The number of fused-ring (bicyclic) bond motifs is 3. The highest BCUT2D eigenvalue weighted by Gasteiger charge is 2.50. The zero-order chi connectivity index (χ0) is 22.9. The number of thiophene rings is 2. The Labute approximate surface area is 202 Å². The number of hydrogen-bond acceptors (Lipinski definition) is 5. The Kier molecular flexibility index (Phi) is 6.31. The molecule has 2 bridgehead atoms. The Morgan fingerprint density at radius 3 is 2.55 bits per heavy atom. The van der Waals surface area contributed by atoms with Gasteiger partial charge in [0.1, 0.15) is 5.75 Å². The second-order valence-electron chi connectivity index (χ2n) is 9.35. The van der Waals surface area contributed by atoms with E-state index in [9.17, 15) is 15.0 Å². The highest BCUT2D eigenvalue weighted by molar-refractivity contribution is 7.12. The summed E-state index contributed by atoms with van der Waals surface area (Å²) in [7, 11) is 0. The molecule has 0 spiro atoms. The van der Waals surface area contributed by atoms with Crippen LogP contribution in [0.5, 0.6) is 5.75 Å². The van der Waals surface area contributed by atoms with Gasteiger partial charge in [0.15, 0.2) is 0 Å². The average molecular weight is 485 g/mol. The van der Waals surface area contributed by atoms with Crippen molar-refractivity contribution < 1.29 is 24.2 Å². The third-order valence-electron chi connectivity index (χ3n) is 7.50. The maximum atomic E-state index is 12.3. The van der Waals surface area contributed by atoms with E-state index in [-0.39, 0.29) is 5.92 Å². The van der Waals surface area contributed by atoms with E-state index in [1.165, 1.54) is 35.8 Å². The lowest BCUT2D eigenvalue weighted by Gasteiger charge is -2.53. The quantitative estimate of drug-likeness (QED) is 0.334. The monoisotopic (exact) mass is 484 g/mol. The number of ether oxygens (including phenoxy) is 1. The number of aliphatic carboxylic acids is 1. The standard InChI is InChI=1S/C26H29NO4S2/c28-25(29)26(30,23-8-4-16-32-23)24-21(11-17-33-24)22-18-27(13-9-19(22)10-14-27)12-5-15-31-20-6-2-1-3-7-20/h1-4,6-8,11,16-17,19,22,30H,5,9-10,12-15,18H2/p+1/t19?,22-,26?,27?/m1/s1. The summed E-state index contributed by atoms with van der Waals surface area (Å²) in [6, 6.07) is 15.5. The van der Waals surface area contributed by atoms with E-state index >= 15 is 0 Å². The molecule has 2 atom stereocenters. The first-order valence-corrected chi connectivity index (χ1v) is 13.4. The van der Waals surface area contributed by atoms with Crippen molar-refractivity contribution in [3.63, 3.8) is 0 Å². The molecule has 3 aliphatic heterocycles. The Balaban J connectivity index is 1.33. The van der Waals surface area contributed by atoms with Crippen LogP contribution in [0.3, 0.4) is 0 Å². The minimum atomic E-state index is -1.97. The smallest absolute Gasteiger partial charge is 0.347 e. The van der Waals surface area contributed by atoms with Crippen LogP contribution in [0.4, 0.5) is 0 Å². The fourth-order valence-electron chi connectivity index (χ4n) is 5.76. The summed E-state index contributed by atoms with van der Waals surface area (Å²) in [5, 5.41) is 25.3.